The molecule has 3 heterocycles. The first kappa shape index (κ1) is 32.2. The molecule has 2 aromatic rings. The van der Waals surface area contributed by atoms with Crippen molar-refractivity contribution in [1.82, 2.24) is 20.6 Å². The van der Waals surface area contributed by atoms with Gasteiger partial charge in [-0.2, -0.15) is 0 Å². The molecule has 8 nitrogen and oxygen atoms in total. The Bertz CT molecular complexity index is 1320. The van der Waals surface area contributed by atoms with Gasteiger partial charge in [0.1, 0.15) is 0 Å². The number of carbonyl (C=O) groups is 2. The quantitative estimate of drug-likeness (QED) is 0.265. The third kappa shape index (κ3) is 8.23. The number of anilines is 2. The molecule has 2 amide bonds. The lowest BCUT2D eigenvalue weighted by Crippen LogP contribution is -2.27. The maximum atomic E-state index is 13.3. The summed E-state index contributed by atoms with van der Waals surface area (Å²) in [7, 11) is 0. The van der Waals surface area contributed by atoms with Crippen LogP contribution in [0.1, 0.15) is 60.1 Å². The Morgan fingerprint density at radius 2 is 1.85 bits per heavy atom. The van der Waals surface area contributed by atoms with Gasteiger partial charge in [-0.1, -0.05) is 46.1 Å². The van der Waals surface area contributed by atoms with Gasteiger partial charge >= 0.3 is 0 Å². The smallest absolute Gasteiger partial charge is 0.255 e. The number of allylic oxidation sites excluding steroid dienone is 2. The van der Waals surface area contributed by atoms with E-state index in [2.05, 4.69) is 51.3 Å². The summed E-state index contributed by atoms with van der Waals surface area (Å²) in [5.74, 6) is -0.309. The lowest BCUT2D eigenvalue weighted by atomic mass is 9.89. The van der Waals surface area contributed by atoms with Crippen LogP contribution in [0.5, 0.6) is 0 Å². The second kappa shape index (κ2) is 15.5. The second-order valence-corrected chi connectivity index (χ2v) is 9.36. The van der Waals surface area contributed by atoms with E-state index in [0.717, 1.165) is 46.6 Å². The molecule has 0 aromatic carbocycles. The van der Waals surface area contributed by atoms with Gasteiger partial charge in [0.05, 0.1) is 29.8 Å². The Morgan fingerprint density at radius 1 is 1.15 bits per heavy atom. The number of nitrogens with zero attached hydrogens (tertiary/aromatic N) is 2. The van der Waals surface area contributed by atoms with Gasteiger partial charge in [0, 0.05) is 39.9 Å². The molecule has 220 valence electrons. The maximum Gasteiger partial charge on any atom is 0.255 e. The molecule has 1 fully saturated rings. The van der Waals surface area contributed by atoms with Crippen molar-refractivity contribution < 1.29 is 13.9 Å². The third-order valence-corrected chi connectivity index (χ3v) is 6.77. The number of hydrogen-bond acceptors (Lipinski definition) is 6. The highest BCUT2D eigenvalue weighted by atomic mass is 16.2. The van der Waals surface area contributed by atoms with Crippen molar-refractivity contribution in [2.24, 2.45) is 5.92 Å². The van der Waals surface area contributed by atoms with Gasteiger partial charge in [0.2, 0.25) is 5.91 Å². The largest absolute Gasteiger partial charge is 0.385 e. The zero-order valence-corrected chi connectivity index (χ0v) is 25.0. The molecule has 1 aliphatic heterocycles. The van der Waals surface area contributed by atoms with Gasteiger partial charge in [-0.3, -0.25) is 19.6 Å². The standard InChI is InChI=1S/C30H38N6O2.C2H6.3H2/c1-8-22(30(38)36-28-13-25(16-34-21(28)7)35-29(37)17-31-10-3)12-27-20(6)33-15-24(27)11-23-14-32-19(5)18(4)26(23)9-2;1-2;;;/h8-9,12-14,16,24,31,33H,2,6,10-11,15,17H2,1,3-5,7H3,(H,35,37)(H,36,38);1-2H3;3*1H/b22-8+,27-12+;;;;. The molecule has 3 rings (SSSR count). The van der Waals surface area contributed by atoms with E-state index in [0.29, 0.717) is 29.2 Å². The highest BCUT2D eigenvalue weighted by molar-refractivity contribution is 6.06. The van der Waals surface area contributed by atoms with Crippen molar-refractivity contribution in [3.8, 4) is 0 Å². The normalized spacial score (nSPS) is 15.7. The van der Waals surface area contributed by atoms with Gasteiger partial charge in [-0.05, 0) is 75.1 Å². The van der Waals surface area contributed by atoms with Crippen molar-refractivity contribution in [3.63, 3.8) is 0 Å². The SMILES string of the molecule is C=Cc1c(CC2CNC(=C)/C2=C\C(=C/C)C(=O)Nc2cc(NC(=O)CNCC)cnc2C)cnc(C)c1C.CC.[HH].[HH].[HH]. The van der Waals surface area contributed by atoms with Gasteiger partial charge in [-0.25, -0.2) is 0 Å². The molecule has 1 aliphatic rings. The first-order valence-corrected chi connectivity index (χ1v) is 13.9. The number of rotatable bonds is 10. The molecule has 0 spiro atoms. The summed E-state index contributed by atoms with van der Waals surface area (Å²) < 4.78 is 0. The lowest BCUT2D eigenvalue weighted by Gasteiger charge is -2.16. The summed E-state index contributed by atoms with van der Waals surface area (Å²) in [6.45, 7) is 23.4. The van der Waals surface area contributed by atoms with Crippen LogP contribution in [0.15, 0.2) is 60.6 Å². The third-order valence-electron chi connectivity index (χ3n) is 6.77. The van der Waals surface area contributed by atoms with Crippen molar-refractivity contribution in [3.05, 3.63) is 88.7 Å². The Morgan fingerprint density at radius 3 is 2.50 bits per heavy atom. The van der Waals surface area contributed by atoms with E-state index >= 15 is 0 Å². The van der Waals surface area contributed by atoms with E-state index in [9.17, 15) is 9.59 Å². The zero-order chi connectivity index (χ0) is 29.8. The number of amides is 2. The topological polar surface area (TPSA) is 108 Å². The molecule has 1 saturated heterocycles. The fourth-order valence-corrected chi connectivity index (χ4v) is 4.39. The Kier molecular flexibility index (Phi) is 12.5. The average Bonchev–Trinajstić information content (AvgIpc) is 3.29. The Balaban J connectivity index is 0. The van der Waals surface area contributed by atoms with E-state index in [1.807, 2.05) is 53.0 Å². The van der Waals surface area contributed by atoms with E-state index in [1.165, 1.54) is 0 Å². The summed E-state index contributed by atoms with van der Waals surface area (Å²) in [5, 5.41) is 12.1. The van der Waals surface area contributed by atoms with Gasteiger partial charge in [0.15, 0.2) is 0 Å². The Labute approximate surface area is 243 Å². The van der Waals surface area contributed by atoms with Crippen LogP contribution < -0.4 is 21.3 Å². The summed E-state index contributed by atoms with van der Waals surface area (Å²) in [6, 6.07) is 1.72. The van der Waals surface area contributed by atoms with Gasteiger partial charge in [0.25, 0.3) is 5.91 Å². The molecule has 0 aliphatic carbocycles. The number of nitrogens with one attached hydrogen (secondary N) is 4. The molecule has 0 radical (unpaired) electrons. The van der Waals surface area contributed by atoms with Crippen LogP contribution in [0.25, 0.3) is 6.08 Å². The van der Waals surface area contributed by atoms with Crippen LogP contribution in [0, 0.1) is 26.7 Å². The van der Waals surface area contributed by atoms with Crippen LogP contribution in [0.2, 0.25) is 0 Å². The number of hydrogen-bond donors (Lipinski definition) is 4. The molecule has 4 N–H and O–H groups in total. The van der Waals surface area contributed by atoms with E-state index in [4.69, 9.17) is 0 Å². The average molecular weight is 551 g/mol. The van der Waals surface area contributed by atoms with E-state index in [1.54, 1.807) is 25.3 Å². The summed E-state index contributed by atoms with van der Waals surface area (Å²) in [4.78, 5) is 34.3. The molecule has 8 heteroatoms. The van der Waals surface area contributed by atoms with Crippen LogP contribution >= 0.6 is 0 Å². The predicted molar refractivity (Wildman–Crippen MR) is 172 cm³/mol. The lowest BCUT2D eigenvalue weighted by molar-refractivity contribution is -0.115. The molecular formula is C32H50N6O2. The van der Waals surface area contributed by atoms with Crippen LogP contribution in [-0.2, 0) is 16.0 Å². The van der Waals surface area contributed by atoms with Crippen molar-refractivity contribution >= 4 is 29.3 Å². The molecule has 0 saturated carbocycles. The minimum Gasteiger partial charge on any atom is -0.385 e. The highest BCUT2D eigenvalue weighted by Gasteiger charge is 2.26. The minimum atomic E-state index is -0.265. The molecule has 2 aromatic heterocycles. The monoisotopic (exact) mass is 550 g/mol. The number of likely N-dealkylation sites (N-methyl/N-ethyl adjacent to an activating group) is 1. The van der Waals surface area contributed by atoms with Gasteiger partial charge < -0.3 is 21.3 Å². The predicted octanol–water partition coefficient (Wildman–Crippen LogP) is 6.14. The summed E-state index contributed by atoms with van der Waals surface area (Å²) in [5.41, 5.74) is 8.36. The molecule has 1 atom stereocenters. The fraction of sp³-hybridized carbons (Fsp3) is 0.375. The number of aromatic nitrogens is 2. The minimum absolute atomic E-state index is 0. The molecule has 40 heavy (non-hydrogen) atoms. The van der Waals surface area contributed by atoms with Crippen LogP contribution in [-0.4, -0.2) is 41.4 Å². The second-order valence-electron chi connectivity index (χ2n) is 9.36. The van der Waals surface area contributed by atoms with E-state index < -0.39 is 0 Å². The zero-order valence-electron chi connectivity index (χ0n) is 25.0. The number of carbonyl (C=O) groups excluding carboxylic acids is 2. The highest BCUT2D eigenvalue weighted by Crippen LogP contribution is 2.31. The van der Waals surface area contributed by atoms with Crippen molar-refractivity contribution in [2.45, 2.75) is 54.9 Å². The van der Waals surface area contributed by atoms with Crippen LogP contribution in [0.4, 0.5) is 11.4 Å². The molecule has 1 unspecified atom stereocenters. The molecule has 0 bridgehead atoms. The van der Waals surface area contributed by atoms with Crippen molar-refractivity contribution in [2.75, 3.05) is 30.3 Å². The maximum absolute atomic E-state index is 13.3. The summed E-state index contributed by atoms with van der Waals surface area (Å²) >= 11 is 0. The Hall–Kier alpha value is -4.04. The first-order chi connectivity index (χ1) is 19.2. The first-order valence-electron chi connectivity index (χ1n) is 13.9. The van der Waals surface area contributed by atoms with E-state index in [-0.39, 0.29) is 28.6 Å². The fourth-order valence-electron chi connectivity index (χ4n) is 4.39. The van der Waals surface area contributed by atoms with Crippen molar-refractivity contribution in [1.29, 1.82) is 0 Å². The van der Waals surface area contributed by atoms with Crippen LogP contribution in [0.3, 0.4) is 0 Å². The van der Waals surface area contributed by atoms with Gasteiger partial charge in [-0.15, -0.1) is 0 Å². The number of aryl methyl sites for hydroxylation is 2. The summed E-state index contributed by atoms with van der Waals surface area (Å²) in [6.07, 6.45) is 9.81. The number of pyridine rings is 2. The molecular weight excluding hydrogens is 500 g/mol.